The molecule has 1 aromatic heterocycles. The van der Waals surface area contributed by atoms with Gasteiger partial charge in [0, 0.05) is 34.2 Å². The molecule has 1 N–H and O–H groups in total. The highest BCUT2D eigenvalue weighted by Gasteiger charge is 2.09. The maximum absolute atomic E-state index is 12.0. The maximum Gasteiger partial charge on any atom is 0.225 e. The number of methoxy groups -OCH3 is 1. The van der Waals surface area contributed by atoms with E-state index in [0.717, 1.165) is 11.0 Å². The van der Waals surface area contributed by atoms with Gasteiger partial charge in [-0.2, -0.15) is 0 Å². The molecule has 0 aliphatic rings. The van der Waals surface area contributed by atoms with Gasteiger partial charge in [-0.25, -0.2) is 0 Å². The Bertz CT molecular complexity index is 630. The summed E-state index contributed by atoms with van der Waals surface area (Å²) in [5, 5.41) is 4.96. The van der Waals surface area contributed by atoms with E-state index in [-0.39, 0.29) is 5.91 Å². The van der Waals surface area contributed by atoms with Crippen molar-refractivity contribution in [2.75, 3.05) is 26.0 Å². The lowest BCUT2D eigenvalue weighted by atomic mass is 10.2. The van der Waals surface area contributed by atoms with Crippen molar-refractivity contribution in [3.8, 4) is 5.75 Å². The summed E-state index contributed by atoms with van der Waals surface area (Å²) >= 11 is 5.16. The first-order valence-electron chi connectivity index (χ1n) is 6.93. The number of thiophene rings is 1. The summed E-state index contributed by atoms with van der Waals surface area (Å²) in [6.07, 6.45) is 0.446. The zero-order valence-corrected chi connectivity index (χ0v) is 15.0. The maximum atomic E-state index is 12.0. The van der Waals surface area contributed by atoms with E-state index in [4.69, 9.17) is 4.74 Å². The van der Waals surface area contributed by atoms with Crippen LogP contribution in [0.1, 0.15) is 11.3 Å². The van der Waals surface area contributed by atoms with Crippen LogP contribution in [0.4, 0.5) is 5.69 Å². The number of rotatable bonds is 7. The second kappa shape index (κ2) is 8.31. The van der Waals surface area contributed by atoms with Crippen LogP contribution in [0.25, 0.3) is 0 Å². The van der Waals surface area contributed by atoms with Crippen LogP contribution >= 0.6 is 27.3 Å². The van der Waals surface area contributed by atoms with Crippen LogP contribution in [-0.2, 0) is 11.3 Å². The van der Waals surface area contributed by atoms with E-state index in [1.165, 1.54) is 4.88 Å². The monoisotopic (exact) mass is 382 g/mol. The van der Waals surface area contributed by atoms with Gasteiger partial charge in [-0.3, -0.25) is 4.79 Å². The topological polar surface area (TPSA) is 41.6 Å². The molecule has 4 nitrogen and oxygen atoms in total. The lowest BCUT2D eigenvalue weighted by Crippen LogP contribution is -2.23. The van der Waals surface area contributed by atoms with E-state index in [1.54, 1.807) is 18.4 Å². The number of halogens is 1. The molecular weight excluding hydrogens is 364 g/mol. The molecule has 22 heavy (non-hydrogen) atoms. The number of hydrogen-bond acceptors (Lipinski definition) is 4. The van der Waals surface area contributed by atoms with E-state index in [2.05, 4.69) is 37.6 Å². The fourth-order valence-corrected chi connectivity index (χ4v) is 3.56. The number of anilines is 1. The lowest BCUT2D eigenvalue weighted by Gasteiger charge is -2.15. The molecule has 0 bridgehead atoms. The standard InChI is InChI=1S/C16H19BrN2O2S/c1-19(10-13-9-12(17)11-22-13)8-7-16(20)18-14-5-3-4-6-15(14)21-2/h3-6,9,11H,7-8,10H2,1-2H3,(H,18,20). The van der Waals surface area contributed by atoms with E-state index >= 15 is 0 Å². The largest absolute Gasteiger partial charge is 0.495 e. The fraction of sp³-hybridized carbons (Fsp3) is 0.312. The second-order valence-corrected chi connectivity index (χ2v) is 6.88. The van der Waals surface area contributed by atoms with Crippen molar-refractivity contribution in [3.63, 3.8) is 0 Å². The van der Waals surface area contributed by atoms with Crippen molar-refractivity contribution in [2.24, 2.45) is 0 Å². The molecule has 0 fully saturated rings. The predicted molar refractivity (Wildman–Crippen MR) is 94.6 cm³/mol. The number of ether oxygens (including phenoxy) is 1. The van der Waals surface area contributed by atoms with Gasteiger partial charge in [0.1, 0.15) is 5.75 Å². The van der Waals surface area contributed by atoms with Crippen molar-refractivity contribution >= 4 is 38.9 Å². The highest BCUT2D eigenvalue weighted by atomic mass is 79.9. The summed E-state index contributed by atoms with van der Waals surface area (Å²) in [6, 6.07) is 9.52. The normalized spacial score (nSPS) is 10.7. The van der Waals surface area contributed by atoms with Gasteiger partial charge in [-0.1, -0.05) is 12.1 Å². The molecule has 1 aromatic carbocycles. The number of nitrogens with one attached hydrogen (secondary N) is 1. The Morgan fingerprint density at radius 3 is 2.86 bits per heavy atom. The molecule has 2 rings (SSSR count). The Labute approximate surface area is 143 Å². The van der Waals surface area contributed by atoms with Crippen LogP contribution in [0.15, 0.2) is 40.2 Å². The summed E-state index contributed by atoms with van der Waals surface area (Å²) in [4.78, 5) is 15.5. The molecule has 0 spiro atoms. The number of para-hydroxylation sites is 2. The van der Waals surface area contributed by atoms with Crippen LogP contribution in [-0.4, -0.2) is 31.5 Å². The van der Waals surface area contributed by atoms with E-state index in [9.17, 15) is 4.79 Å². The van der Waals surface area contributed by atoms with Gasteiger partial charge in [-0.15, -0.1) is 11.3 Å². The summed E-state index contributed by atoms with van der Waals surface area (Å²) in [5.41, 5.74) is 0.708. The highest BCUT2D eigenvalue weighted by molar-refractivity contribution is 9.10. The Morgan fingerprint density at radius 1 is 1.41 bits per heavy atom. The summed E-state index contributed by atoms with van der Waals surface area (Å²) in [5.74, 6) is 0.663. The van der Waals surface area contributed by atoms with Gasteiger partial charge in [0.05, 0.1) is 12.8 Å². The van der Waals surface area contributed by atoms with Gasteiger partial charge in [0.15, 0.2) is 0 Å². The van der Waals surface area contributed by atoms with Crippen molar-refractivity contribution in [1.29, 1.82) is 0 Å². The molecule has 0 aliphatic carbocycles. The number of hydrogen-bond donors (Lipinski definition) is 1. The van der Waals surface area contributed by atoms with Crippen molar-refractivity contribution in [1.82, 2.24) is 4.90 Å². The number of carbonyl (C=O) groups is 1. The average Bonchev–Trinajstić information content (AvgIpc) is 2.91. The highest BCUT2D eigenvalue weighted by Crippen LogP contribution is 2.23. The van der Waals surface area contributed by atoms with Gasteiger partial charge in [0.2, 0.25) is 5.91 Å². The fourth-order valence-electron chi connectivity index (χ4n) is 2.03. The first-order chi connectivity index (χ1) is 10.6. The molecule has 2 aromatic rings. The molecular formula is C16H19BrN2O2S. The second-order valence-electron chi connectivity index (χ2n) is 4.97. The number of amides is 1. The number of carbonyl (C=O) groups excluding carboxylic acids is 1. The predicted octanol–water partition coefficient (Wildman–Crippen LogP) is 3.98. The number of benzene rings is 1. The lowest BCUT2D eigenvalue weighted by molar-refractivity contribution is -0.116. The zero-order chi connectivity index (χ0) is 15.9. The van der Waals surface area contributed by atoms with E-state index in [1.807, 2.05) is 31.3 Å². The first-order valence-corrected chi connectivity index (χ1v) is 8.60. The minimum Gasteiger partial charge on any atom is -0.495 e. The van der Waals surface area contributed by atoms with Crippen LogP contribution < -0.4 is 10.1 Å². The first kappa shape index (κ1) is 17.0. The number of nitrogens with zero attached hydrogens (tertiary/aromatic N) is 1. The SMILES string of the molecule is COc1ccccc1NC(=O)CCN(C)Cc1cc(Br)cs1. The molecule has 0 aliphatic heterocycles. The molecule has 6 heteroatoms. The summed E-state index contributed by atoms with van der Waals surface area (Å²) < 4.78 is 6.33. The Morgan fingerprint density at radius 2 is 2.18 bits per heavy atom. The molecule has 0 saturated carbocycles. The van der Waals surface area contributed by atoms with Crippen LogP contribution in [0.2, 0.25) is 0 Å². The third-order valence-electron chi connectivity index (χ3n) is 3.15. The molecule has 118 valence electrons. The van der Waals surface area contributed by atoms with Gasteiger partial charge in [0.25, 0.3) is 0 Å². The van der Waals surface area contributed by atoms with Gasteiger partial charge in [-0.05, 0) is 41.2 Å². The van der Waals surface area contributed by atoms with Crippen molar-refractivity contribution in [2.45, 2.75) is 13.0 Å². The Balaban J connectivity index is 1.79. The van der Waals surface area contributed by atoms with Gasteiger partial charge < -0.3 is 15.0 Å². The van der Waals surface area contributed by atoms with Crippen LogP contribution in [0, 0.1) is 0 Å². The minimum atomic E-state index is -0.0105. The smallest absolute Gasteiger partial charge is 0.225 e. The molecule has 0 radical (unpaired) electrons. The molecule has 1 amide bonds. The zero-order valence-electron chi connectivity index (χ0n) is 12.6. The summed E-state index contributed by atoms with van der Waals surface area (Å²) in [7, 11) is 3.61. The van der Waals surface area contributed by atoms with Crippen molar-refractivity contribution < 1.29 is 9.53 Å². The van der Waals surface area contributed by atoms with E-state index < -0.39 is 0 Å². The van der Waals surface area contributed by atoms with Crippen molar-refractivity contribution in [3.05, 3.63) is 45.1 Å². The Hall–Kier alpha value is -1.37. The molecule has 0 unspecified atom stereocenters. The van der Waals surface area contributed by atoms with Crippen LogP contribution in [0.3, 0.4) is 0 Å². The van der Waals surface area contributed by atoms with Crippen LogP contribution in [0.5, 0.6) is 5.75 Å². The molecule has 0 saturated heterocycles. The van der Waals surface area contributed by atoms with E-state index in [0.29, 0.717) is 24.4 Å². The summed E-state index contributed by atoms with van der Waals surface area (Å²) in [6.45, 7) is 1.55. The Kier molecular flexibility index (Phi) is 6.42. The third-order valence-corrected chi connectivity index (χ3v) is 4.83. The molecule has 0 atom stereocenters. The quantitative estimate of drug-likeness (QED) is 0.787. The molecule has 1 heterocycles. The average molecular weight is 383 g/mol. The van der Waals surface area contributed by atoms with Gasteiger partial charge >= 0.3 is 0 Å². The third kappa shape index (κ3) is 5.12. The minimum absolute atomic E-state index is 0.0105.